The smallest absolute Gasteiger partial charge is 0.319 e. The third-order valence-corrected chi connectivity index (χ3v) is 4.09. The molecule has 25 heavy (non-hydrogen) atoms. The van der Waals surface area contributed by atoms with Crippen LogP contribution in [-0.4, -0.2) is 20.6 Å². The van der Waals surface area contributed by atoms with Gasteiger partial charge in [-0.15, -0.1) is 0 Å². The molecular formula is C19H21N5O. The second-order valence-corrected chi connectivity index (χ2v) is 5.81. The van der Waals surface area contributed by atoms with Crippen LogP contribution in [0, 0.1) is 6.92 Å². The summed E-state index contributed by atoms with van der Waals surface area (Å²) in [7, 11) is 0. The summed E-state index contributed by atoms with van der Waals surface area (Å²) in [5.41, 5.74) is 2.72. The van der Waals surface area contributed by atoms with E-state index in [2.05, 4.69) is 32.1 Å². The number of aromatic nitrogens is 3. The van der Waals surface area contributed by atoms with Crippen molar-refractivity contribution < 1.29 is 4.79 Å². The van der Waals surface area contributed by atoms with E-state index in [9.17, 15) is 4.79 Å². The molecule has 0 unspecified atom stereocenters. The predicted octanol–water partition coefficient (Wildman–Crippen LogP) is 3.52. The van der Waals surface area contributed by atoms with Crippen LogP contribution in [0.2, 0.25) is 0 Å². The lowest BCUT2D eigenvalue weighted by molar-refractivity contribution is 0.251. The molecule has 0 saturated carbocycles. The number of urea groups is 1. The molecule has 0 aliphatic rings. The average Bonchev–Trinajstić information content (AvgIpc) is 3.07. The lowest BCUT2D eigenvalue weighted by atomic mass is 10.1. The zero-order valence-electron chi connectivity index (χ0n) is 14.3. The van der Waals surface area contributed by atoms with Gasteiger partial charge in [-0.05, 0) is 43.7 Å². The first-order chi connectivity index (χ1) is 12.1. The molecule has 0 radical (unpaired) electrons. The summed E-state index contributed by atoms with van der Waals surface area (Å²) in [6.45, 7) is 4.50. The number of amides is 2. The Kier molecular flexibility index (Phi) is 5.09. The van der Waals surface area contributed by atoms with E-state index in [-0.39, 0.29) is 12.1 Å². The summed E-state index contributed by atoms with van der Waals surface area (Å²) in [6.07, 6.45) is 5.47. The van der Waals surface area contributed by atoms with E-state index in [0.29, 0.717) is 6.54 Å². The molecular weight excluding hydrogens is 314 g/mol. The Morgan fingerprint density at radius 2 is 1.92 bits per heavy atom. The van der Waals surface area contributed by atoms with Crippen molar-refractivity contribution in [3.63, 3.8) is 0 Å². The molecule has 6 nitrogen and oxygen atoms in total. The zero-order valence-corrected chi connectivity index (χ0v) is 14.3. The molecule has 0 bridgehead atoms. The summed E-state index contributed by atoms with van der Waals surface area (Å²) in [6, 6.07) is 13.4. The van der Waals surface area contributed by atoms with Crippen LogP contribution >= 0.6 is 0 Å². The highest BCUT2D eigenvalue weighted by atomic mass is 16.2. The fourth-order valence-corrected chi connectivity index (χ4v) is 2.65. The fraction of sp³-hybridized carbons (Fsp3) is 0.211. The van der Waals surface area contributed by atoms with Gasteiger partial charge in [-0.3, -0.25) is 4.98 Å². The van der Waals surface area contributed by atoms with Crippen molar-refractivity contribution in [1.29, 1.82) is 0 Å². The zero-order chi connectivity index (χ0) is 17.6. The van der Waals surface area contributed by atoms with Gasteiger partial charge in [0, 0.05) is 24.3 Å². The normalized spacial score (nSPS) is 11.8. The van der Waals surface area contributed by atoms with Gasteiger partial charge in [0.1, 0.15) is 5.82 Å². The molecule has 128 valence electrons. The van der Waals surface area contributed by atoms with E-state index < -0.39 is 0 Å². The lowest BCUT2D eigenvalue weighted by Crippen LogP contribution is -2.28. The maximum atomic E-state index is 12.0. The Morgan fingerprint density at radius 1 is 1.12 bits per heavy atom. The molecule has 0 aliphatic carbocycles. The van der Waals surface area contributed by atoms with Crippen molar-refractivity contribution in [2.75, 3.05) is 5.32 Å². The van der Waals surface area contributed by atoms with E-state index in [4.69, 9.17) is 0 Å². The number of anilines is 1. The number of nitrogens with zero attached hydrogens (tertiary/aromatic N) is 3. The molecule has 0 aliphatic heterocycles. The minimum Gasteiger partial charge on any atom is -0.332 e. The highest BCUT2D eigenvalue weighted by Crippen LogP contribution is 2.21. The number of rotatable bonds is 5. The monoisotopic (exact) mass is 335 g/mol. The summed E-state index contributed by atoms with van der Waals surface area (Å²) < 4.78 is 2.11. The van der Waals surface area contributed by atoms with Crippen LogP contribution in [0.15, 0.2) is 61.1 Å². The van der Waals surface area contributed by atoms with Crippen LogP contribution in [-0.2, 0) is 6.54 Å². The minimum atomic E-state index is -0.253. The Hall–Kier alpha value is -3.15. The molecule has 0 spiro atoms. The van der Waals surface area contributed by atoms with Gasteiger partial charge in [0.05, 0.1) is 18.3 Å². The number of imidazole rings is 1. The van der Waals surface area contributed by atoms with Crippen molar-refractivity contribution >= 4 is 11.7 Å². The predicted molar refractivity (Wildman–Crippen MR) is 97.3 cm³/mol. The van der Waals surface area contributed by atoms with Gasteiger partial charge in [0.2, 0.25) is 0 Å². The van der Waals surface area contributed by atoms with E-state index in [0.717, 1.165) is 22.8 Å². The van der Waals surface area contributed by atoms with E-state index >= 15 is 0 Å². The highest BCUT2D eigenvalue weighted by molar-refractivity contribution is 5.89. The maximum absolute atomic E-state index is 12.0. The number of carbonyl (C=O) groups excluding carboxylic acids is 1. The van der Waals surface area contributed by atoms with Crippen molar-refractivity contribution in [2.24, 2.45) is 0 Å². The molecule has 0 saturated heterocycles. The Balaban J connectivity index is 1.57. The van der Waals surface area contributed by atoms with Crippen LogP contribution in [0.5, 0.6) is 0 Å². The largest absolute Gasteiger partial charge is 0.332 e. The summed E-state index contributed by atoms with van der Waals surface area (Å²) in [5, 5.41) is 5.62. The van der Waals surface area contributed by atoms with Crippen molar-refractivity contribution in [2.45, 2.75) is 26.4 Å². The van der Waals surface area contributed by atoms with Crippen LogP contribution < -0.4 is 10.6 Å². The number of hydrogen-bond donors (Lipinski definition) is 2. The molecule has 2 aromatic heterocycles. The molecule has 3 rings (SSSR count). The maximum Gasteiger partial charge on any atom is 0.319 e. The molecule has 0 fully saturated rings. The summed E-state index contributed by atoms with van der Waals surface area (Å²) in [4.78, 5) is 20.4. The van der Waals surface area contributed by atoms with Crippen LogP contribution in [0.4, 0.5) is 10.5 Å². The van der Waals surface area contributed by atoms with E-state index in [1.807, 2.05) is 55.6 Å². The SMILES string of the molecule is Cc1nccn1[C@@H](C)c1ccc(NC(=O)NCc2ccccn2)cc1. The van der Waals surface area contributed by atoms with Gasteiger partial charge in [-0.1, -0.05) is 18.2 Å². The lowest BCUT2D eigenvalue weighted by Gasteiger charge is -2.16. The highest BCUT2D eigenvalue weighted by Gasteiger charge is 2.10. The molecule has 1 aromatic carbocycles. The molecule has 2 N–H and O–H groups in total. The standard InChI is InChI=1S/C19H21N5O/c1-14(24-12-11-20-15(24)2)16-6-8-17(9-7-16)23-19(25)22-13-18-5-3-4-10-21-18/h3-12,14H,13H2,1-2H3,(H2,22,23,25)/t14-/m0/s1. The number of benzene rings is 1. The summed E-state index contributed by atoms with van der Waals surface area (Å²) in [5.74, 6) is 0.976. The first kappa shape index (κ1) is 16.7. The average molecular weight is 335 g/mol. The quantitative estimate of drug-likeness (QED) is 0.749. The van der Waals surface area contributed by atoms with Gasteiger partial charge >= 0.3 is 6.03 Å². The summed E-state index contributed by atoms with van der Waals surface area (Å²) >= 11 is 0. The molecule has 3 aromatic rings. The van der Waals surface area contributed by atoms with Gasteiger partial charge in [0.25, 0.3) is 0 Å². The number of carbonyl (C=O) groups is 1. The van der Waals surface area contributed by atoms with Crippen LogP contribution in [0.3, 0.4) is 0 Å². The van der Waals surface area contributed by atoms with Gasteiger partial charge < -0.3 is 15.2 Å². The number of nitrogens with one attached hydrogen (secondary N) is 2. The Bertz CT molecular complexity index is 827. The fourth-order valence-electron chi connectivity index (χ4n) is 2.65. The van der Waals surface area contributed by atoms with Crippen LogP contribution in [0.1, 0.15) is 30.0 Å². The van der Waals surface area contributed by atoms with Crippen LogP contribution in [0.25, 0.3) is 0 Å². The van der Waals surface area contributed by atoms with E-state index in [1.54, 1.807) is 12.4 Å². The van der Waals surface area contributed by atoms with Gasteiger partial charge in [-0.2, -0.15) is 0 Å². The second-order valence-electron chi connectivity index (χ2n) is 5.81. The van der Waals surface area contributed by atoms with E-state index in [1.165, 1.54) is 0 Å². The van der Waals surface area contributed by atoms with Crippen molar-refractivity contribution in [3.8, 4) is 0 Å². The number of pyridine rings is 1. The first-order valence-electron chi connectivity index (χ1n) is 8.17. The molecule has 2 heterocycles. The third kappa shape index (κ3) is 4.23. The number of hydrogen-bond acceptors (Lipinski definition) is 3. The molecule has 6 heteroatoms. The molecule has 1 atom stereocenters. The van der Waals surface area contributed by atoms with Gasteiger partial charge in [-0.25, -0.2) is 9.78 Å². The second kappa shape index (κ2) is 7.61. The van der Waals surface area contributed by atoms with Crippen molar-refractivity contribution in [3.05, 3.63) is 78.1 Å². The number of aryl methyl sites for hydroxylation is 1. The Labute approximate surface area is 146 Å². The van der Waals surface area contributed by atoms with Crippen molar-refractivity contribution in [1.82, 2.24) is 19.9 Å². The third-order valence-electron chi connectivity index (χ3n) is 4.09. The first-order valence-corrected chi connectivity index (χ1v) is 8.17. The Morgan fingerprint density at radius 3 is 2.56 bits per heavy atom. The topological polar surface area (TPSA) is 71.8 Å². The van der Waals surface area contributed by atoms with Gasteiger partial charge in [0.15, 0.2) is 0 Å². The minimum absolute atomic E-state index is 0.189. The molecule has 2 amide bonds.